The Morgan fingerprint density at radius 1 is 0.294 bits per heavy atom. The average molecular weight is 1490 g/mol. The molecule has 2 saturated heterocycles. The highest BCUT2D eigenvalue weighted by Gasteiger charge is 2.25. The average Bonchev–Trinajstić information content (AvgIpc) is 0.788. The third-order valence-electron chi connectivity index (χ3n) is 19.0. The van der Waals surface area contributed by atoms with Crippen molar-refractivity contribution in [2.24, 2.45) is 5.92 Å². The van der Waals surface area contributed by atoms with Crippen molar-refractivity contribution in [1.82, 2.24) is 0 Å². The minimum absolute atomic E-state index is 0.0104. The minimum Gasteiger partial charge on any atom is -0.348 e. The predicted molar refractivity (Wildman–Crippen MR) is 412 cm³/mol. The predicted octanol–water partition coefficient (Wildman–Crippen LogP) is 26.8. The van der Waals surface area contributed by atoms with E-state index in [0.29, 0.717) is 72.1 Å². The molecule has 109 heavy (non-hydrogen) atoms. The number of aryl methyl sites for hydroxylation is 4. The van der Waals surface area contributed by atoms with Gasteiger partial charge in [0, 0.05) is 39.3 Å². The van der Waals surface area contributed by atoms with Crippen LogP contribution in [0.5, 0.6) is 0 Å². The molecule has 0 saturated carbocycles. The largest absolute Gasteiger partial charge is 0.348 e. The van der Waals surface area contributed by atoms with Crippen LogP contribution in [0.25, 0.3) is 89.0 Å². The van der Waals surface area contributed by atoms with E-state index < -0.39 is 70.8 Å². The second-order valence-electron chi connectivity index (χ2n) is 27.2. The summed E-state index contributed by atoms with van der Waals surface area (Å²) in [4.78, 5) is 0. The fraction of sp³-hybridized carbons (Fsp3) is 0.213. The Hall–Kier alpha value is -10.6. The molecule has 0 N–H and O–H groups in total. The van der Waals surface area contributed by atoms with Crippen molar-refractivity contribution >= 4 is 0 Å². The van der Waals surface area contributed by atoms with Gasteiger partial charge in [-0.2, -0.15) is 0 Å². The highest BCUT2D eigenvalue weighted by atomic mass is 19.2. The van der Waals surface area contributed by atoms with Gasteiger partial charge >= 0.3 is 0 Å². The SMILES string of the molecule is C=C1COC(c2ccc(-c3ccc(-c4cc(F)c(F)c(F)c4)c(F)c3)cc2)OC1.CCCC1COC(c2ccc(-c3ccc(-c4cc(F)c(F)c(F)c4)c(F)c3)cc2)OC1.CCCc1ccc(-c2ccc(-c3ccc(C)cc3)cc2F)cc1.CCCc1ccc(-c2ccc(-c3ccc(CCC)c(F)c3F)cc2)cc1. The molecule has 12 aromatic carbocycles. The van der Waals surface area contributed by atoms with Crippen molar-refractivity contribution in [3.63, 3.8) is 0 Å². The summed E-state index contributed by atoms with van der Waals surface area (Å²) >= 11 is 0. The third-order valence-corrected chi connectivity index (χ3v) is 19.0. The van der Waals surface area contributed by atoms with E-state index in [1.54, 1.807) is 42.5 Å². The van der Waals surface area contributed by atoms with Crippen LogP contribution in [0.4, 0.5) is 48.3 Å². The van der Waals surface area contributed by atoms with E-state index in [4.69, 9.17) is 18.9 Å². The molecule has 560 valence electrons. The molecule has 0 aromatic heterocycles. The Kier molecular flexibility index (Phi) is 27.4. The fourth-order valence-electron chi connectivity index (χ4n) is 13.0. The molecule has 0 amide bonds. The first-order valence-corrected chi connectivity index (χ1v) is 36.5. The number of ether oxygens (including phenoxy) is 4. The number of hydrogen-bond acceptors (Lipinski definition) is 4. The van der Waals surface area contributed by atoms with E-state index in [0.717, 1.165) is 125 Å². The molecule has 0 spiro atoms. The first-order chi connectivity index (χ1) is 52.7. The summed E-state index contributed by atoms with van der Waals surface area (Å²) in [6.45, 7) is 16.5. The van der Waals surface area contributed by atoms with E-state index in [1.165, 1.54) is 41.0 Å². The van der Waals surface area contributed by atoms with Gasteiger partial charge in [0.05, 0.1) is 26.4 Å². The number of halogens is 11. The van der Waals surface area contributed by atoms with Gasteiger partial charge in [-0.1, -0.05) is 260 Å². The van der Waals surface area contributed by atoms with E-state index in [1.807, 2.05) is 116 Å². The Morgan fingerprint density at radius 2 is 0.606 bits per heavy atom. The van der Waals surface area contributed by atoms with Gasteiger partial charge in [0.1, 0.15) is 17.5 Å². The lowest BCUT2D eigenvalue weighted by Crippen LogP contribution is -2.26. The first-order valence-electron chi connectivity index (χ1n) is 36.5. The number of hydrogen-bond donors (Lipinski definition) is 0. The van der Waals surface area contributed by atoms with Crippen molar-refractivity contribution in [3.05, 3.63) is 346 Å². The van der Waals surface area contributed by atoms with Gasteiger partial charge in [-0.3, -0.25) is 0 Å². The van der Waals surface area contributed by atoms with E-state index in [-0.39, 0.29) is 28.1 Å². The zero-order chi connectivity index (χ0) is 77.3. The van der Waals surface area contributed by atoms with Crippen LogP contribution < -0.4 is 0 Å². The fourth-order valence-corrected chi connectivity index (χ4v) is 13.0. The van der Waals surface area contributed by atoms with Gasteiger partial charge < -0.3 is 18.9 Å². The van der Waals surface area contributed by atoms with E-state index >= 15 is 0 Å². The monoisotopic (exact) mass is 1480 g/mol. The van der Waals surface area contributed by atoms with Gasteiger partial charge in [-0.15, -0.1) is 0 Å². The highest BCUT2D eigenvalue weighted by Crippen LogP contribution is 2.37. The molecule has 0 atom stereocenters. The van der Waals surface area contributed by atoms with Crippen molar-refractivity contribution in [2.75, 3.05) is 26.4 Å². The Balaban J connectivity index is 0.000000145. The zero-order valence-corrected chi connectivity index (χ0v) is 61.2. The lowest BCUT2D eigenvalue weighted by atomic mass is 9.97. The van der Waals surface area contributed by atoms with Crippen LogP contribution >= 0.6 is 0 Å². The summed E-state index contributed by atoms with van der Waals surface area (Å²) in [6, 6.07) is 67.8. The standard InChI is InChI=1S/C25H22F4O2.C24H24F2.C23H16F4O2.C22H21F/c1-2-3-15-13-30-25(31-14-15)17-6-4-16(5-7-17)18-8-9-20(21(26)10-18)19-11-22(27)24(29)23(28)12-19;1-3-5-17-7-9-18(10-8-17)19-11-13-20(14-12-19)22-16-15-21(6-4-2)23(25)24(22)26;1-13-11-28-23(29-12-13)15-4-2-14(3-5-15)16-6-7-18(19(24)8-16)17-9-20(25)22(27)21(26)10-17;1-3-4-17-7-11-19(12-8-17)21-14-13-20(15-22(21)23)18-9-5-16(2)6-10-18/h4-12,15,25H,2-3,13-14H2,1H3;7-16H,3-6H2,1-2H3;2-10,23H,1,11-12H2;5-15H,3-4H2,1-2H3. The summed E-state index contributed by atoms with van der Waals surface area (Å²) in [5, 5.41) is 0. The highest BCUT2D eigenvalue weighted by molar-refractivity contribution is 5.75. The van der Waals surface area contributed by atoms with Crippen LogP contribution in [-0.2, 0) is 38.2 Å². The molecule has 2 fully saturated rings. The van der Waals surface area contributed by atoms with Crippen molar-refractivity contribution < 1.29 is 67.2 Å². The molecule has 0 aliphatic carbocycles. The summed E-state index contributed by atoms with van der Waals surface area (Å²) < 4.78 is 175. The molecular formula is C94H83F11O4. The topological polar surface area (TPSA) is 36.9 Å². The first kappa shape index (κ1) is 79.5. The van der Waals surface area contributed by atoms with E-state index in [9.17, 15) is 48.3 Å². The summed E-state index contributed by atoms with van der Waals surface area (Å²) in [6.07, 6.45) is 7.03. The normalized spacial score (nSPS) is 14.2. The molecular weight excluding hydrogens is 1400 g/mol. The van der Waals surface area contributed by atoms with E-state index in [2.05, 4.69) is 70.7 Å². The molecule has 12 aromatic rings. The van der Waals surface area contributed by atoms with Crippen molar-refractivity contribution in [2.45, 2.75) is 98.6 Å². The molecule has 0 radical (unpaired) electrons. The maximum atomic E-state index is 14.7. The van der Waals surface area contributed by atoms with Gasteiger partial charge in [-0.05, 0) is 164 Å². The van der Waals surface area contributed by atoms with Crippen LogP contribution in [0, 0.1) is 76.8 Å². The molecule has 2 aliphatic rings. The van der Waals surface area contributed by atoms with Gasteiger partial charge in [0.15, 0.2) is 59.1 Å². The molecule has 0 bridgehead atoms. The maximum absolute atomic E-state index is 14.7. The molecule has 15 heteroatoms. The van der Waals surface area contributed by atoms with Crippen LogP contribution in [0.3, 0.4) is 0 Å². The van der Waals surface area contributed by atoms with Crippen LogP contribution in [-0.4, -0.2) is 26.4 Å². The molecule has 2 heterocycles. The maximum Gasteiger partial charge on any atom is 0.194 e. The molecule has 0 unspecified atom stereocenters. The Bertz CT molecular complexity index is 5000. The lowest BCUT2D eigenvalue weighted by molar-refractivity contribution is -0.206. The van der Waals surface area contributed by atoms with Crippen molar-refractivity contribution in [1.29, 1.82) is 0 Å². The number of rotatable bonds is 18. The van der Waals surface area contributed by atoms with Gasteiger partial charge in [0.25, 0.3) is 0 Å². The second-order valence-corrected chi connectivity index (χ2v) is 27.2. The van der Waals surface area contributed by atoms with Crippen molar-refractivity contribution in [3.8, 4) is 89.0 Å². The summed E-state index contributed by atoms with van der Waals surface area (Å²) in [7, 11) is 0. The van der Waals surface area contributed by atoms with Crippen LogP contribution in [0.2, 0.25) is 0 Å². The van der Waals surface area contributed by atoms with Crippen LogP contribution in [0.15, 0.2) is 249 Å². The zero-order valence-electron chi connectivity index (χ0n) is 61.2. The van der Waals surface area contributed by atoms with Gasteiger partial charge in [-0.25, -0.2) is 48.3 Å². The minimum atomic E-state index is -1.58. The summed E-state index contributed by atoms with van der Waals surface area (Å²) in [5.41, 5.74) is 16.1. The lowest BCUT2D eigenvalue weighted by Gasteiger charge is -2.29. The third kappa shape index (κ3) is 20.2. The molecule has 2 aliphatic heterocycles. The molecule has 4 nitrogen and oxygen atoms in total. The molecule has 14 rings (SSSR count). The Morgan fingerprint density at radius 3 is 1.00 bits per heavy atom. The Labute approximate surface area is 630 Å². The smallest absolute Gasteiger partial charge is 0.194 e. The quantitative estimate of drug-likeness (QED) is 0.0487. The van der Waals surface area contributed by atoms with Gasteiger partial charge in [0.2, 0.25) is 0 Å². The summed E-state index contributed by atoms with van der Waals surface area (Å²) in [5.74, 6) is -11.2. The second kappa shape index (κ2) is 37.5. The van der Waals surface area contributed by atoms with Crippen LogP contribution in [0.1, 0.15) is 106 Å². The number of benzene rings is 12.